The summed E-state index contributed by atoms with van der Waals surface area (Å²) in [6.07, 6.45) is 0. The molecule has 0 aliphatic heterocycles. The van der Waals surface area contributed by atoms with Crippen LogP contribution < -0.4 is 10.0 Å². The number of sulfonamides is 1. The summed E-state index contributed by atoms with van der Waals surface area (Å²) in [6.45, 7) is 3.52. The van der Waals surface area contributed by atoms with Crippen LogP contribution in [0, 0.1) is 11.7 Å². The van der Waals surface area contributed by atoms with E-state index in [0.29, 0.717) is 11.3 Å². The molecule has 0 aliphatic carbocycles. The molecule has 0 saturated heterocycles. The van der Waals surface area contributed by atoms with Crippen LogP contribution in [0.2, 0.25) is 0 Å². The van der Waals surface area contributed by atoms with Crippen LogP contribution in [0.3, 0.4) is 0 Å². The summed E-state index contributed by atoms with van der Waals surface area (Å²) in [5.41, 5.74) is 1.07. The van der Waals surface area contributed by atoms with Crippen LogP contribution in [0.1, 0.15) is 24.4 Å². The van der Waals surface area contributed by atoms with Crippen LogP contribution >= 0.6 is 0 Å². The number of hydrogen-bond donors (Lipinski definition) is 2. The maximum absolute atomic E-state index is 13.8. The number of hydrogen-bond acceptors (Lipinski definition) is 7. The second-order valence-corrected chi connectivity index (χ2v) is 9.06. The SMILES string of the molecule is COC(=O)C(NC(=O)c1cc(-c2ccc(NS(=O)(=O)c3ccccc3F)cc2)no1)C(C)C. The van der Waals surface area contributed by atoms with E-state index in [1.54, 1.807) is 26.0 Å². The predicted octanol–water partition coefficient (Wildman–Crippen LogP) is 3.21. The fourth-order valence-corrected chi connectivity index (χ4v) is 4.08. The van der Waals surface area contributed by atoms with Crippen LogP contribution in [-0.2, 0) is 19.6 Å². The first-order valence-corrected chi connectivity index (χ1v) is 11.3. The lowest BCUT2D eigenvalue weighted by atomic mass is 10.0. The van der Waals surface area contributed by atoms with Gasteiger partial charge in [0.25, 0.3) is 15.9 Å². The second-order valence-electron chi connectivity index (χ2n) is 7.41. The van der Waals surface area contributed by atoms with E-state index in [0.717, 1.165) is 12.1 Å². The van der Waals surface area contributed by atoms with Gasteiger partial charge in [-0.3, -0.25) is 9.52 Å². The molecule has 1 heterocycles. The van der Waals surface area contributed by atoms with Gasteiger partial charge in [-0.1, -0.05) is 43.3 Å². The van der Waals surface area contributed by atoms with Crippen LogP contribution in [-0.4, -0.2) is 38.6 Å². The first-order valence-electron chi connectivity index (χ1n) is 9.85. The quantitative estimate of drug-likeness (QED) is 0.479. The third-order valence-electron chi connectivity index (χ3n) is 4.70. The summed E-state index contributed by atoms with van der Waals surface area (Å²) >= 11 is 0. The molecule has 1 atom stereocenters. The molecule has 0 aliphatic rings. The predicted molar refractivity (Wildman–Crippen MR) is 117 cm³/mol. The van der Waals surface area contributed by atoms with Crippen molar-refractivity contribution in [1.82, 2.24) is 10.5 Å². The maximum Gasteiger partial charge on any atom is 0.328 e. The average Bonchev–Trinajstić information content (AvgIpc) is 3.27. The van der Waals surface area contributed by atoms with Gasteiger partial charge in [0.05, 0.1) is 7.11 Å². The van der Waals surface area contributed by atoms with E-state index in [-0.39, 0.29) is 17.4 Å². The number of nitrogens with one attached hydrogen (secondary N) is 2. The first-order chi connectivity index (χ1) is 15.6. The zero-order chi connectivity index (χ0) is 24.2. The fraction of sp³-hybridized carbons (Fsp3) is 0.227. The molecule has 0 saturated carbocycles. The van der Waals surface area contributed by atoms with Gasteiger partial charge in [-0.15, -0.1) is 0 Å². The highest BCUT2D eigenvalue weighted by Crippen LogP contribution is 2.24. The minimum absolute atomic E-state index is 0.108. The van der Waals surface area contributed by atoms with E-state index < -0.39 is 38.7 Å². The molecule has 0 fully saturated rings. The van der Waals surface area contributed by atoms with Gasteiger partial charge in [0, 0.05) is 17.3 Å². The monoisotopic (exact) mass is 475 g/mol. The number of carbonyl (C=O) groups excluding carboxylic acids is 2. The smallest absolute Gasteiger partial charge is 0.328 e. The summed E-state index contributed by atoms with van der Waals surface area (Å²) in [7, 11) is -2.87. The van der Waals surface area contributed by atoms with Crippen LogP contribution in [0.5, 0.6) is 0 Å². The number of ether oxygens (including phenoxy) is 1. The van der Waals surface area contributed by atoms with Gasteiger partial charge in [-0.05, 0) is 30.2 Å². The summed E-state index contributed by atoms with van der Waals surface area (Å²) < 4.78 is 50.7. The Hall–Kier alpha value is -3.73. The number of nitrogens with zero attached hydrogens (tertiary/aromatic N) is 1. The molecular weight excluding hydrogens is 453 g/mol. The lowest BCUT2D eigenvalue weighted by molar-refractivity contribution is -0.144. The van der Waals surface area contributed by atoms with E-state index in [9.17, 15) is 22.4 Å². The molecule has 0 bridgehead atoms. The lowest BCUT2D eigenvalue weighted by Gasteiger charge is -2.18. The summed E-state index contributed by atoms with van der Waals surface area (Å²) in [5, 5.41) is 6.40. The van der Waals surface area contributed by atoms with Crippen LogP contribution in [0.4, 0.5) is 10.1 Å². The number of halogens is 1. The zero-order valence-electron chi connectivity index (χ0n) is 18.0. The Labute approximate surface area is 190 Å². The fourth-order valence-electron chi connectivity index (χ4n) is 2.94. The number of aromatic nitrogens is 1. The summed E-state index contributed by atoms with van der Waals surface area (Å²) in [6, 6.07) is 11.6. The number of esters is 1. The Bertz CT molecular complexity index is 1260. The summed E-state index contributed by atoms with van der Waals surface area (Å²) in [4.78, 5) is 23.8. The van der Waals surface area contributed by atoms with E-state index in [1.165, 1.54) is 37.4 Å². The number of carbonyl (C=O) groups is 2. The zero-order valence-corrected chi connectivity index (χ0v) is 18.9. The first kappa shape index (κ1) is 23.9. The van der Waals surface area contributed by atoms with Gasteiger partial charge in [0.1, 0.15) is 22.4 Å². The standard InChI is InChI=1S/C22H22FN3O6S/c1-13(2)20(22(28)31-3)24-21(27)18-12-17(25-32-18)14-8-10-15(11-9-14)26-33(29,30)19-7-5-4-6-16(19)23/h4-13,20,26H,1-3H3,(H,24,27). The molecule has 2 N–H and O–H groups in total. The number of rotatable bonds is 8. The molecule has 2 aromatic carbocycles. The Morgan fingerprint density at radius 2 is 1.76 bits per heavy atom. The molecule has 3 aromatic rings. The highest BCUT2D eigenvalue weighted by Gasteiger charge is 2.27. The van der Waals surface area contributed by atoms with Gasteiger partial charge in [0.15, 0.2) is 0 Å². The van der Waals surface area contributed by atoms with Crippen molar-refractivity contribution < 1.29 is 31.7 Å². The van der Waals surface area contributed by atoms with E-state index in [4.69, 9.17) is 9.26 Å². The molecule has 9 nitrogen and oxygen atoms in total. The molecule has 0 radical (unpaired) electrons. The Morgan fingerprint density at radius 1 is 1.09 bits per heavy atom. The summed E-state index contributed by atoms with van der Waals surface area (Å²) in [5.74, 6) is -2.38. The topological polar surface area (TPSA) is 128 Å². The Kier molecular flexibility index (Phi) is 7.12. The minimum Gasteiger partial charge on any atom is -0.467 e. The number of methoxy groups -OCH3 is 1. The molecule has 0 spiro atoms. The third-order valence-corrected chi connectivity index (χ3v) is 6.12. The van der Waals surface area contributed by atoms with Crippen molar-refractivity contribution in [3.63, 3.8) is 0 Å². The van der Waals surface area contributed by atoms with Gasteiger partial charge in [-0.2, -0.15) is 0 Å². The number of amides is 1. The van der Waals surface area contributed by atoms with E-state index >= 15 is 0 Å². The van der Waals surface area contributed by atoms with Crippen molar-refractivity contribution in [3.05, 3.63) is 66.2 Å². The average molecular weight is 475 g/mol. The molecule has 1 aromatic heterocycles. The van der Waals surface area contributed by atoms with Crippen molar-refractivity contribution in [1.29, 1.82) is 0 Å². The maximum atomic E-state index is 13.8. The highest BCUT2D eigenvalue weighted by atomic mass is 32.2. The molecule has 174 valence electrons. The second kappa shape index (κ2) is 9.82. The molecule has 33 heavy (non-hydrogen) atoms. The van der Waals surface area contributed by atoms with Crippen molar-refractivity contribution in [2.45, 2.75) is 24.8 Å². The molecule has 1 unspecified atom stereocenters. The largest absolute Gasteiger partial charge is 0.467 e. The van der Waals surface area contributed by atoms with Gasteiger partial charge in [0.2, 0.25) is 5.76 Å². The molecule has 11 heteroatoms. The Morgan fingerprint density at radius 3 is 2.36 bits per heavy atom. The highest BCUT2D eigenvalue weighted by molar-refractivity contribution is 7.92. The third kappa shape index (κ3) is 5.55. The number of benzene rings is 2. The molecular formula is C22H22FN3O6S. The Balaban J connectivity index is 1.73. The van der Waals surface area contributed by atoms with Gasteiger partial charge in [-0.25, -0.2) is 17.6 Å². The van der Waals surface area contributed by atoms with Crippen molar-refractivity contribution in [3.8, 4) is 11.3 Å². The van der Waals surface area contributed by atoms with Crippen molar-refractivity contribution in [2.75, 3.05) is 11.8 Å². The van der Waals surface area contributed by atoms with Crippen LogP contribution in [0.15, 0.2) is 64.0 Å². The lowest BCUT2D eigenvalue weighted by Crippen LogP contribution is -2.44. The molecule has 1 amide bonds. The van der Waals surface area contributed by atoms with Gasteiger partial charge < -0.3 is 14.6 Å². The van der Waals surface area contributed by atoms with E-state index in [1.807, 2.05) is 0 Å². The molecule has 3 rings (SSSR count). The van der Waals surface area contributed by atoms with Crippen LogP contribution in [0.25, 0.3) is 11.3 Å². The van der Waals surface area contributed by atoms with Gasteiger partial charge >= 0.3 is 5.97 Å². The minimum atomic E-state index is -4.11. The van der Waals surface area contributed by atoms with Crippen molar-refractivity contribution >= 4 is 27.6 Å². The van der Waals surface area contributed by atoms with Crippen molar-refractivity contribution in [2.24, 2.45) is 5.92 Å². The van der Waals surface area contributed by atoms with E-state index in [2.05, 4.69) is 15.2 Å². The number of anilines is 1. The normalized spacial score (nSPS) is 12.3.